The minimum absolute atomic E-state index is 0.0356. The number of rotatable bonds is 4. The number of nitrogens with zero attached hydrogens (tertiary/aromatic N) is 1. The molecular weight excluding hydrogens is 254 g/mol. The first-order valence-corrected chi connectivity index (χ1v) is 5.58. The van der Waals surface area contributed by atoms with Crippen molar-refractivity contribution in [2.75, 3.05) is 14.2 Å². The van der Waals surface area contributed by atoms with Crippen LogP contribution in [0.2, 0.25) is 0 Å². The zero-order chi connectivity index (χ0) is 13.2. The molecule has 0 bridgehead atoms. The molecule has 0 atom stereocenters. The Kier molecular flexibility index (Phi) is 3.53. The van der Waals surface area contributed by atoms with Crippen LogP contribution in [-0.4, -0.2) is 32.1 Å². The van der Waals surface area contributed by atoms with Crippen LogP contribution in [0, 0.1) is 10.1 Å². The Morgan fingerprint density at radius 3 is 2.00 bits per heavy atom. The SMILES string of the molecule is COc1cc([N+](=O)[O-])c(S(=O)(=O)[O-])cc1OC. The van der Waals surface area contributed by atoms with E-state index in [1.54, 1.807) is 0 Å². The van der Waals surface area contributed by atoms with Gasteiger partial charge in [0.25, 0.3) is 5.69 Å². The fourth-order valence-electron chi connectivity index (χ4n) is 1.19. The highest BCUT2D eigenvalue weighted by Gasteiger charge is 2.23. The molecule has 0 aromatic heterocycles. The first-order chi connectivity index (χ1) is 7.81. The third kappa shape index (κ3) is 2.63. The minimum Gasteiger partial charge on any atom is -0.744 e. The molecule has 0 radical (unpaired) electrons. The molecule has 0 heterocycles. The summed E-state index contributed by atoms with van der Waals surface area (Å²) in [6, 6.07) is 1.59. The lowest BCUT2D eigenvalue weighted by Gasteiger charge is -2.12. The van der Waals surface area contributed by atoms with Gasteiger partial charge >= 0.3 is 0 Å². The van der Waals surface area contributed by atoms with Crippen molar-refractivity contribution in [3.8, 4) is 11.5 Å². The first kappa shape index (κ1) is 13.2. The van der Waals surface area contributed by atoms with E-state index in [1.165, 1.54) is 14.2 Å². The van der Waals surface area contributed by atoms with Gasteiger partial charge in [-0.2, -0.15) is 0 Å². The molecule has 0 amide bonds. The predicted octanol–water partition coefficient (Wildman–Crippen LogP) is 0.516. The molecule has 0 aliphatic rings. The maximum Gasteiger partial charge on any atom is 0.290 e. The second-order valence-corrected chi connectivity index (χ2v) is 4.23. The molecule has 0 fully saturated rings. The maximum atomic E-state index is 10.9. The van der Waals surface area contributed by atoms with E-state index < -0.39 is 25.6 Å². The Bertz CT molecular complexity index is 551. The molecule has 0 aliphatic heterocycles. The van der Waals surface area contributed by atoms with Gasteiger partial charge in [0, 0.05) is 6.07 Å². The van der Waals surface area contributed by atoms with E-state index in [0.717, 1.165) is 12.1 Å². The normalized spacial score (nSPS) is 11.0. The quantitative estimate of drug-likeness (QED) is 0.440. The van der Waals surface area contributed by atoms with Crippen LogP contribution in [0.25, 0.3) is 0 Å². The zero-order valence-electron chi connectivity index (χ0n) is 8.87. The van der Waals surface area contributed by atoms with Crippen molar-refractivity contribution in [1.82, 2.24) is 0 Å². The fraction of sp³-hybridized carbons (Fsp3) is 0.250. The highest BCUT2D eigenvalue weighted by atomic mass is 32.2. The van der Waals surface area contributed by atoms with Gasteiger partial charge in [-0.3, -0.25) is 10.1 Å². The van der Waals surface area contributed by atoms with Crippen LogP contribution >= 0.6 is 0 Å². The molecular formula is C8H8NO7S-. The van der Waals surface area contributed by atoms with Crippen molar-refractivity contribution in [3.63, 3.8) is 0 Å². The Morgan fingerprint density at radius 1 is 1.18 bits per heavy atom. The van der Waals surface area contributed by atoms with Gasteiger partial charge in [-0.15, -0.1) is 0 Å². The van der Waals surface area contributed by atoms with Gasteiger partial charge in [0.2, 0.25) is 0 Å². The molecule has 17 heavy (non-hydrogen) atoms. The Balaban J connectivity index is 3.64. The second-order valence-electron chi connectivity index (χ2n) is 2.89. The molecule has 1 aromatic carbocycles. The largest absolute Gasteiger partial charge is 0.744 e. The molecule has 0 saturated heterocycles. The predicted molar refractivity (Wildman–Crippen MR) is 54.2 cm³/mol. The molecule has 1 aromatic rings. The summed E-state index contributed by atoms with van der Waals surface area (Å²) in [6.45, 7) is 0. The van der Waals surface area contributed by atoms with Crippen LogP contribution in [0.5, 0.6) is 11.5 Å². The van der Waals surface area contributed by atoms with Crippen LogP contribution in [-0.2, 0) is 10.1 Å². The van der Waals surface area contributed by atoms with Gasteiger partial charge in [-0.1, -0.05) is 0 Å². The van der Waals surface area contributed by atoms with E-state index >= 15 is 0 Å². The molecule has 0 aliphatic carbocycles. The lowest BCUT2D eigenvalue weighted by atomic mass is 10.3. The summed E-state index contributed by atoms with van der Waals surface area (Å²) < 4.78 is 42.1. The molecule has 1 rings (SSSR count). The lowest BCUT2D eigenvalue weighted by Crippen LogP contribution is -2.05. The number of nitro groups is 1. The summed E-state index contributed by atoms with van der Waals surface area (Å²) >= 11 is 0. The van der Waals surface area contributed by atoms with Gasteiger partial charge in [-0.05, 0) is 0 Å². The van der Waals surface area contributed by atoms with Crippen molar-refractivity contribution >= 4 is 15.8 Å². The van der Waals surface area contributed by atoms with Crippen LogP contribution in [0.15, 0.2) is 17.0 Å². The Labute approximate surface area is 96.7 Å². The van der Waals surface area contributed by atoms with Crippen LogP contribution < -0.4 is 9.47 Å². The van der Waals surface area contributed by atoms with Crippen LogP contribution in [0.1, 0.15) is 0 Å². The molecule has 8 nitrogen and oxygen atoms in total. The summed E-state index contributed by atoms with van der Waals surface area (Å²) in [4.78, 5) is 8.70. The van der Waals surface area contributed by atoms with Crippen LogP contribution in [0.4, 0.5) is 5.69 Å². The van der Waals surface area contributed by atoms with Crippen molar-refractivity contribution in [1.29, 1.82) is 0 Å². The number of methoxy groups -OCH3 is 2. The maximum absolute atomic E-state index is 10.9. The van der Waals surface area contributed by atoms with Crippen molar-refractivity contribution in [3.05, 3.63) is 22.2 Å². The van der Waals surface area contributed by atoms with E-state index in [4.69, 9.17) is 9.47 Å². The zero-order valence-corrected chi connectivity index (χ0v) is 9.68. The molecule has 94 valence electrons. The lowest BCUT2D eigenvalue weighted by molar-refractivity contribution is -0.388. The van der Waals surface area contributed by atoms with E-state index in [-0.39, 0.29) is 11.5 Å². The third-order valence-electron chi connectivity index (χ3n) is 1.93. The Hall–Kier alpha value is -1.87. The third-order valence-corrected chi connectivity index (χ3v) is 2.80. The van der Waals surface area contributed by atoms with E-state index in [9.17, 15) is 23.1 Å². The van der Waals surface area contributed by atoms with Crippen molar-refractivity contribution < 1.29 is 27.4 Å². The summed E-state index contributed by atoms with van der Waals surface area (Å²) in [5.41, 5.74) is -0.849. The van der Waals surface area contributed by atoms with E-state index in [1.807, 2.05) is 0 Å². The van der Waals surface area contributed by atoms with E-state index in [0.29, 0.717) is 0 Å². The molecule has 0 unspecified atom stereocenters. The number of hydrogen-bond donors (Lipinski definition) is 0. The number of benzene rings is 1. The number of nitro benzene ring substituents is 1. The summed E-state index contributed by atoms with van der Waals surface area (Å²) in [6.07, 6.45) is 0. The van der Waals surface area contributed by atoms with Crippen molar-refractivity contribution in [2.24, 2.45) is 0 Å². The molecule has 0 saturated carbocycles. The van der Waals surface area contributed by atoms with Gasteiger partial charge in [0.15, 0.2) is 11.5 Å². The minimum atomic E-state index is -4.96. The Morgan fingerprint density at radius 2 is 1.65 bits per heavy atom. The van der Waals surface area contributed by atoms with Crippen molar-refractivity contribution in [2.45, 2.75) is 4.90 Å². The highest BCUT2D eigenvalue weighted by molar-refractivity contribution is 7.85. The van der Waals surface area contributed by atoms with Gasteiger partial charge in [0.05, 0.1) is 25.2 Å². The monoisotopic (exact) mass is 262 g/mol. The summed E-state index contributed by atoms with van der Waals surface area (Å²) in [5.74, 6) is -0.112. The summed E-state index contributed by atoms with van der Waals surface area (Å²) in [7, 11) is -2.52. The molecule has 0 N–H and O–H groups in total. The molecule has 0 spiro atoms. The smallest absolute Gasteiger partial charge is 0.290 e. The number of ether oxygens (including phenoxy) is 2. The van der Waals surface area contributed by atoms with Crippen LogP contribution in [0.3, 0.4) is 0 Å². The standard InChI is InChI=1S/C8H9NO7S/c1-15-6-3-5(9(10)11)8(17(12,13)14)4-7(6)16-2/h3-4H,1-2H3,(H,12,13,14)/p-1. The van der Waals surface area contributed by atoms with Gasteiger partial charge in [-0.25, -0.2) is 8.42 Å². The first-order valence-electron chi connectivity index (χ1n) is 4.17. The number of hydrogen-bond acceptors (Lipinski definition) is 7. The average molecular weight is 262 g/mol. The molecule has 9 heteroatoms. The fourth-order valence-corrected chi connectivity index (χ4v) is 1.83. The highest BCUT2D eigenvalue weighted by Crippen LogP contribution is 2.36. The van der Waals surface area contributed by atoms with Gasteiger partial charge in [0.1, 0.15) is 15.0 Å². The average Bonchev–Trinajstić information content (AvgIpc) is 2.25. The van der Waals surface area contributed by atoms with Gasteiger partial charge < -0.3 is 14.0 Å². The van der Waals surface area contributed by atoms with E-state index in [2.05, 4.69) is 0 Å². The second kappa shape index (κ2) is 4.55. The topological polar surface area (TPSA) is 119 Å². The summed E-state index contributed by atoms with van der Waals surface area (Å²) in [5, 5.41) is 10.6.